The largest absolute Gasteiger partial charge is 0.496 e. The molecule has 2 atom stereocenters. The molecule has 1 aliphatic carbocycles. The van der Waals surface area contributed by atoms with Crippen molar-refractivity contribution in [2.45, 2.75) is 43.7 Å². The molecule has 2 amide bonds. The number of nitrogens with two attached hydrogens (primary N) is 1. The minimum absolute atomic E-state index is 0.0522. The molecule has 0 spiro atoms. The number of methoxy groups -OCH3 is 1. The average molecular weight is 599 g/mol. The van der Waals surface area contributed by atoms with Gasteiger partial charge in [0.2, 0.25) is 5.91 Å². The van der Waals surface area contributed by atoms with Crippen LogP contribution in [-0.2, 0) is 20.5 Å². The number of fused-ring (bicyclic) bond motifs is 1. The molecule has 1 unspecified atom stereocenters. The number of rotatable bonds is 10. The van der Waals surface area contributed by atoms with Crippen molar-refractivity contribution in [2.24, 2.45) is 5.73 Å². The van der Waals surface area contributed by atoms with Gasteiger partial charge in [-0.05, 0) is 68.7 Å². The van der Waals surface area contributed by atoms with Crippen LogP contribution in [0.15, 0.2) is 49.1 Å². The molecule has 10 heteroatoms. The normalized spacial score (nSPS) is 22.6. The molecule has 6 rings (SSSR count). The predicted molar refractivity (Wildman–Crippen MR) is 164 cm³/mol. The molecule has 3 aliphatic rings. The number of pyridine rings is 1. The molecule has 0 bridgehead atoms. The van der Waals surface area contributed by atoms with Crippen LogP contribution in [0.3, 0.4) is 0 Å². The van der Waals surface area contributed by atoms with Gasteiger partial charge >= 0.3 is 0 Å². The van der Waals surface area contributed by atoms with Crippen molar-refractivity contribution in [3.05, 3.63) is 87.7 Å². The third-order valence-electron chi connectivity index (χ3n) is 8.53. The smallest absolute Gasteiger partial charge is 0.251 e. The van der Waals surface area contributed by atoms with Gasteiger partial charge in [-0.2, -0.15) is 0 Å². The molecular weight excluding hydrogens is 563 g/mol. The Bertz CT molecular complexity index is 1810. The first-order valence-corrected chi connectivity index (χ1v) is 14.5. The van der Waals surface area contributed by atoms with E-state index in [9.17, 15) is 14.0 Å². The summed E-state index contributed by atoms with van der Waals surface area (Å²) in [6, 6.07) is 10.4. The Labute approximate surface area is 254 Å². The van der Waals surface area contributed by atoms with Gasteiger partial charge in [0.25, 0.3) is 5.91 Å². The predicted octanol–water partition coefficient (Wildman–Crippen LogP) is 2.45. The molecule has 2 aromatic carbocycles. The average Bonchev–Trinajstić information content (AvgIpc) is 3.95. The van der Waals surface area contributed by atoms with E-state index in [1.165, 1.54) is 6.07 Å². The van der Waals surface area contributed by atoms with Gasteiger partial charge in [-0.1, -0.05) is 18.7 Å². The van der Waals surface area contributed by atoms with Crippen LogP contribution in [0.2, 0.25) is 0 Å². The lowest BCUT2D eigenvalue weighted by atomic mass is 9.82. The van der Waals surface area contributed by atoms with E-state index in [4.69, 9.17) is 24.9 Å². The summed E-state index contributed by atoms with van der Waals surface area (Å²) in [5.41, 5.74) is 6.83. The number of benzene rings is 2. The fraction of sp³-hybridized carbons (Fsp3) is 0.324. The molecular formula is C34H35FN4O5. The van der Waals surface area contributed by atoms with Gasteiger partial charge < -0.3 is 30.6 Å². The quantitative estimate of drug-likeness (QED) is 0.306. The van der Waals surface area contributed by atoms with E-state index in [0.29, 0.717) is 57.8 Å². The van der Waals surface area contributed by atoms with Crippen LogP contribution in [0.5, 0.6) is 11.5 Å². The molecule has 4 N–H and O–H groups in total. The Morgan fingerprint density at radius 3 is 2.64 bits per heavy atom. The number of ether oxygens (including phenoxy) is 3. The molecule has 0 radical (unpaired) electrons. The lowest BCUT2D eigenvalue weighted by Crippen LogP contribution is -2.40. The van der Waals surface area contributed by atoms with E-state index in [2.05, 4.69) is 17.2 Å². The summed E-state index contributed by atoms with van der Waals surface area (Å²) in [6.45, 7) is 7.67. The topological polar surface area (TPSA) is 128 Å². The van der Waals surface area contributed by atoms with Crippen molar-refractivity contribution >= 4 is 24.1 Å². The molecule has 3 heterocycles. The van der Waals surface area contributed by atoms with Crippen LogP contribution in [0.1, 0.15) is 46.9 Å². The number of hydrogen-bond acceptors (Lipinski definition) is 7. The van der Waals surface area contributed by atoms with E-state index >= 15 is 0 Å². The van der Waals surface area contributed by atoms with Crippen LogP contribution in [-0.4, -0.2) is 49.7 Å². The molecule has 1 saturated heterocycles. The highest BCUT2D eigenvalue weighted by atomic mass is 19.1. The number of aryl methyl sites for hydroxylation is 1. The van der Waals surface area contributed by atoms with Crippen LogP contribution in [0.25, 0.3) is 23.5 Å². The highest BCUT2D eigenvalue weighted by Crippen LogP contribution is 2.48. The first kappa shape index (κ1) is 29.4. The summed E-state index contributed by atoms with van der Waals surface area (Å²) >= 11 is 0. The molecule has 9 nitrogen and oxygen atoms in total. The summed E-state index contributed by atoms with van der Waals surface area (Å²) in [4.78, 5) is 31.0. The lowest BCUT2D eigenvalue weighted by Gasteiger charge is -2.21. The number of primary amides is 1. The third-order valence-corrected chi connectivity index (χ3v) is 8.53. The highest BCUT2D eigenvalue weighted by Gasteiger charge is 2.51. The Hall–Kier alpha value is -4.70. The number of halogens is 1. The maximum atomic E-state index is 14.1. The number of amides is 2. The van der Waals surface area contributed by atoms with Crippen LogP contribution < -0.4 is 36.3 Å². The van der Waals surface area contributed by atoms with E-state index in [1.54, 1.807) is 57.4 Å². The van der Waals surface area contributed by atoms with Gasteiger partial charge in [0, 0.05) is 39.4 Å². The molecule has 2 aliphatic heterocycles. The van der Waals surface area contributed by atoms with Crippen molar-refractivity contribution in [2.75, 3.05) is 26.9 Å². The van der Waals surface area contributed by atoms with Crippen LogP contribution in [0.4, 0.5) is 4.39 Å². The van der Waals surface area contributed by atoms with Crippen molar-refractivity contribution in [3.8, 4) is 22.8 Å². The molecule has 228 valence electrons. The van der Waals surface area contributed by atoms with Crippen molar-refractivity contribution in [3.63, 3.8) is 0 Å². The van der Waals surface area contributed by atoms with Gasteiger partial charge in [-0.3, -0.25) is 9.59 Å². The lowest BCUT2D eigenvalue weighted by molar-refractivity contribution is -0.123. The maximum absolute atomic E-state index is 14.1. The summed E-state index contributed by atoms with van der Waals surface area (Å²) in [5, 5.41) is 8.00. The van der Waals surface area contributed by atoms with Crippen molar-refractivity contribution < 1.29 is 28.2 Å². The fourth-order valence-corrected chi connectivity index (χ4v) is 5.38. The molecule has 3 aromatic rings. The third kappa shape index (κ3) is 5.30. The number of nitrogens with zero attached hydrogens (tertiary/aromatic N) is 1. The van der Waals surface area contributed by atoms with E-state index in [0.717, 1.165) is 23.3 Å². The second-order valence-electron chi connectivity index (χ2n) is 11.8. The zero-order chi connectivity index (χ0) is 31.2. The standard InChI is InChI=1S/C34H35FN4O5/c1-5-6-24-22(15-37-23-8-9-23)12-21(13-27(24)42-4)31(40)38-16-34(18-44-34)28-14-25-30(43-17-33(25,3)32(36)41)29(39-28)20-7-10-26(35)19(2)11-20/h5-7,10-15,23,37H,1,8-9,16-18H2,2-4H3,(H2,36,41)(H,38,40)/b22-15-,24-6-/t33-,34?/m0/s1. The van der Waals surface area contributed by atoms with Crippen molar-refractivity contribution in [1.29, 1.82) is 0 Å². The Balaban J connectivity index is 1.34. The van der Waals surface area contributed by atoms with Gasteiger partial charge in [0.1, 0.15) is 35.0 Å². The summed E-state index contributed by atoms with van der Waals surface area (Å²) in [6.07, 6.45) is 7.65. The number of carbonyl (C=O) groups is 2. The monoisotopic (exact) mass is 598 g/mol. The first-order valence-electron chi connectivity index (χ1n) is 14.5. The molecule has 44 heavy (non-hydrogen) atoms. The van der Waals surface area contributed by atoms with Crippen molar-refractivity contribution in [1.82, 2.24) is 15.6 Å². The summed E-state index contributed by atoms with van der Waals surface area (Å²) in [5.74, 6) is -0.226. The van der Waals surface area contributed by atoms with E-state index in [1.807, 2.05) is 12.3 Å². The molecule has 2 fully saturated rings. The number of aromatic nitrogens is 1. The van der Waals surface area contributed by atoms with E-state index < -0.39 is 16.9 Å². The van der Waals surface area contributed by atoms with Gasteiger partial charge in [-0.25, -0.2) is 9.37 Å². The minimum atomic E-state index is -1.10. The maximum Gasteiger partial charge on any atom is 0.251 e. The molecule has 1 aromatic heterocycles. The Morgan fingerprint density at radius 2 is 2.00 bits per heavy atom. The van der Waals surface area contributed by atoms with Gasteiger partial charge in [0.05, 0.1) is 26.0 Å². The number of carbonyl (C=O) groups excluding carboxylic acids is 2. The SMILES string of the molecule is C=C/C=c1\c(OC)cc(C(=O)NCC2(c3cc4c(c(-c5ccc(F)c(C)c5)n3)OC[C@]4(C)C(N)=O)CO2)c\c1=C\NC1CC1. The number of allylic oxidation sites excluding steroid dienone is 1. The summed E-state index contributed by atoms with van der Waals surface area (Å²) < 4.78 is 31.7. The van der Waals surface area contributed by atoms with Gasteiger partial charge in [-0.15, -0.1) is 0 Å². The summed E-state index contributed by atoms with van der Waals surface area (Å²) in [7, 11) is 1.56. The highest BCUT2D eigenvalue weighted by molar-refractivity contribution is 5.95. The molecule has 1 saturated carbocycles. The second-order valence-corrected chi connectivity index (χ2v) is 11.8. The Morgan fingerprint density at radius 1 is 1.23 bits per heavy atom. The number of nitrogens with one attached hydrogen (secondary N) is 2. The van der Waals surface area contributed by atoms with Crippen LogP contribution >= 0.6 is 0 Å². The van der Waals surface area contributed by atoms with E-state index in [-0.39, 0.29) is 24.9 Å². The second kappa shape index (κ2) is 11.1. The van der Waals surface area contributed by atoms with Gasteiger partial charge in [0.15, 0.2) is 5.60 Å². The van der Waals surface area contributed by atoms with Crippen LogP contribution in [0, 0.1) is 12.7 Å². The first-order chi connectivity index (χ1) is 21.1. The number of hydrogen-bond donors (Lipinski definition) is 3. The number of epoxide rings is 1. The fourth-order valence-electron chi connectivity index (χ4n) is 5.38. The zero-order valence-corrected chi connectivity index (χ0v) is 25.0. The minimum Gasteiger partial charge on any atom is -0.496 e. The zero-order valence-electron chi connectivity index (χ0n) is 25.0. The Kier molecular flexibility index (Phi) is 7.41.